The van der Waals surface area contributed by atoms with Crippen LogP contribution in [0.3, 0.4) is 0 Å². The molecule has 0 radical (unpaired) electrons. The fraction of sp³-hybridized carbons (Fsp3) is 0.0769. The van der Waals surface area contributed by atoms with Gasteiger partial charge in [-0.05, 0) is 103 Å². The van der Waals surface area contributed by atoms with Gasteiger partial charge < -0.3 is 4.90 Å². The van der Waals surface area contributed by atoms with Gasteiger partial charge in [0.2, 0.25) is 0 Å². The Bertz CT molecular complexity index is 2700. The molecular weight excluding hydrogens is 639 g/mol. The molecule has 3 aliphatic carbocycles. The highest BCUT2D eigenvalue weighted by Gasteiger charge is 2.52. The number of anilines is 3. The third-order valence-electron chi connectivity index (χ3n) is 12.3. The van der Waals surface area contributed by atoms with Crippen molar-refractivity contribution in [2.45, 2.75) is 24.7 Å². The second-order valence-electron chi connectivity index (χ2n) is 15.2. The Morgan fingerprint density at radius 1 is 0.358 bits per heavy atom. The van der Waals surface area contributed by atoms with Crippen LogP contribution in [-0.2, 0) is 10.8 Å². The molecule has 1 nitrogen and oxygen atoms in total. The summed E-state index contributed by atoms with van der Waals surface area (Å²) in [4.78, 5) is 2.50. The van der Waals surface area contributed by atoms with Gasteiger partial charge in [0.1, 0.15) is 0 Å². The SMILES string of the molecule is CC1(C)c2ccccc2-c2ccc(N(c3cccc(C45c6ccccc6-c6cccc(c64)-c4ccccc45)c3)c3ccccc3-c3ccccc3)cc21. The molecule has 53 heavy (non-hydrogen) atoms. The van der Waals surface area contributed by atoms with Gasteiger partial charge in [0.15, 0.2) is 0 Å². The second kappa shape index (κ2) is 11.0. The molecule has 0 amide bonds. The van der Waals surface area contributed by atoms with Crippen molar-refractivity contribution < 1.29 is 0 Å². The number of rotatable bonds is 5. The summed E-state index contributed by atoms with van der Waals surface area (Å²) in [5, 5.41) is 0. The van der Waals surface area contributed by atoms with Crippen LogP contribution < -0.4 is 4.90 Å². The number of benzene rings is 8. The van der Waals surface area contributed by atoms with Crippen LogP contribution in [0.25, 0.3) is 44.5 Å². The minimum Gasteiger partial charge on any atom is -0.310 e. The van der Waals surface area contributed by atoms with Crippen LogP contribution in [0.4, 0.5) is 17.1 Å². The standard InChI is InChI=1S/C52H37N/c1-51(2)45-26-10-6-21-39(45)42-31-30-37(33-48(42)51)53(49-29-13-9-20-38(49)34-16-4-3-5-17-34)36-19-14-18-35(32-36)52-46-27-11-7-22-40(46)43-24-15-25-44(50(43)52)41-23-8-12-28-47(41)52/h3-33H,1-2H3. The molecule has 0 unspecified atom stereocenters. The van der Waals surface area contributed by atoms with Gasteiger partial charge in [0.05, 0.1) is 11.1 Å². The highest BCUT2D eigenvalue weighted by Crippen LogP contribution is 2.64. The second-order valence-corrected chi connectivity index (χ2v) is 15.2. The van der Waals surface area contributed by atoms with E-state index >= 15 is 0 Å². The minimum absolute atomic E-state index is 0.116. The third kappa shape index (κ3) is 4.02. The van der Waals surface area contributed by atoms with Crippen molar-refractivity contribution in [3.63, 3.8) is 0 Å². The normalized spacial score (nSPS) is 14.5. The number of hydrogen-bond donors (Lipinski definition) is 0. The smallest absolute Gasteiger partial charge is 0.0726 e. The average molecular weight is 676 g/mol. The molecule has 0 aliphatic heterocycles. The summed E-state index contributed by atoms with van der Waals surface area (Å²) in [6.45, 7) is 4.74. The molecule has 0 bridgehead atoms. The van der Waals surface area contributed by atoms with E-state index in [9.17, 15) is 0 Å². The molecule has 0 saturated carbocycles. The Labute approximate surface area is 311 Å². The van der Waals surface area contributed by atoms with Gasteiger partial charge in [0.25, 0.3) is 0 Å². The largest absolute Gasteiger partial charge is 0.310 e. The van der Waals surface area contributed by atoms with E-state index < -0.39 is 5.41 Å². The Kier molecular flexibility index (Phi) is 6.29. The highest BCUT2D eigenvalue weighted by molar-refractivity contribution is 5.99. The molecule has 0 spiro atoms. The zero-order chi connectivity index (χ0) is 35.3. The molecular formula is C52H37N. The van der Waals surface area contributed by atoms with E-state index in [1.807, 2.05) is 0 Å². The lowest BCUT2D eigenvalue weighted by Crippen LogP contribution is -2.26. The summed E-state index contributed by atoms with van der Waals surface area (Å²) in [5.74, 6) is 0. The minimum atomic E-state index is -0.415. The van der Waals surface area contributed by atoms with E-state index in [-0.39, 0.29) is 5.41 Å². The van der Waals surface area contributed by atoms with Crippen molar-refractivity contribution in [1.82, 2.24) is 0 Å². The summed E-state index contributed by atoms with van der Waals surface area (Å²) < 4.78 is 0. The van der Waals surface area contributed by atoms with Crippen LogP contribution in [-0.4, -0.2) is 0 Å². The molecule has 0 N–H and O–H groups in total. The maximum Gasteiger partial charge on any atom is 0.0726 e. The lowest BCUT2D eigenvalue weighted by atomic mass is 9.70. The molecule has 0 saturated heterocycles. The first kappa shape index (κ1) is 30.2. The maximum atomic E-state index is 2.50. The van der Waals surface area contributed by atoms with Gasteiger partial charge in [-0.1, -0.05) is 172 Å². The molecule has 0 aromatic heterocycles. The van der Waals surface area contributed by atoms with Crippen molar-refractivity contribution in [3.05, 3.63) is 221 Å². The Balaban J connectivity index is 1.18. The summed E-state index contributed by atoms with van der Waals surface area (Å²) in [6, 6.07) is 70.1. The Hall–Kier alpha value is -6.44. The summed E-state index contributed by atoms with van der Waals surface area (Å²) in [7, 11) is 0. The maximum absolute atomic E-state index is 2.50. The molecule has 1 heteroatoms. The van der Waals surface area contributed by atoms with Gasteiger partial charge >= 0.3 is 0 Å². The summed E-state index contributed by atoms with van der Waals surface area (Å²) >= 11 is 0. The number of para-hydroxylation sites is 1. The monoisotopic (exact) mass is 675 g/mol. The fourth-order valence-electron chi connectivity index (χ4n) is 10.0. The third-order valence-corrected chi connectivity index (χ3v) is 12.3. The van der Waals surface area contributed by atoms with Gasteiger partial charge in [-0.2, -0.15) is 0 Å². The van der Waals surface area contributed by atoms with Gasteiger partial charge in [-0.15, -0.1) is 0 Å². The van der Waals surface area contributed by atoms with Crippen LogP contribution >= 0.6 is 0 Å². The number of nitrogens with zero attached hydrogens (tertiary/aromatic N) is 1. The van der Waals surface area contributed by atoms with Crippen molar-refractivity contribution in [2.75, 3.05) is 4.90 Å². The molecule has 8 aromatic carbocycles. The summed E-state index contributed by atoms with van der Waals surface area (Å²) in [6.07, 6.45) is 0. The number of hydrogen-bond acceptors (Lipinski definition) is 1. The first-order valence-corrected chi connectivity index (χ1v) is 18.7. The van der Waals surface area contributed by atoms with E-state index in [1.54, 1.807) is 0 Å². The Morgan fingerprint density at radius 3 is 1.57 bits per heavy atom. The van der Waals surface area contributed by atoms with E-state index in [1.165, 1.54) is 77.9 Å². The van der Waals surface area contributed by atoms with E-state index in [0.29, 0.717) is 0 Å². The topological polar surface area (TPSA) is 3.24 Å². The van der Waals surface area contributed by atoms with Gasteiger partial charge in [0, 0.05) is 22.4 Å². The first-order chi connectivity index (χ1) is 26.1. The van der Waals surface area contributed by atoms with E-state index in [2.05, 4.69) is 207 Å². The molecule has 11 rings (SSSR count). The van der Waals surface area contributed by atoms with Crippen molar-refractivity contribution >= 4 is 17.1 Å². The first-order valence-electron chi connectivity index (χ1n) is 18.7. The predicted octanol–water partition coefficient (Wildman–Crippen LogP) is 13.5. The molecule has 0 atom stereocenters. The van der Waals surface area contributed by atoms with Gasteiger partial charge in [-0.25, -0.2) is 0 Å². The van der Waals surface area contributed by atoms with Gasteiger partial charge in [-0.3, -0.25) is 0 Å². The van der Waals surface area contributed by atoms with Crippen molar-refractivity contribution in [2.24, 2.45) is 0 Å². The predicted molar refractivity (Wildman–Crippen MR) is 220 cm³/mol. The molecule has 3 aliphatic rings. The Morgan fingerprint density at radius 2 is 0.868 bits per heavy atom. The molecule has 250 valence electrons. The number of fused-ring (bicyclic) bond motifs is 9. The van der Waals surface area contributed by atoms with Crippen LogP contribution in [0, 0.1) is 0 Å². The average Bonchev–Trinajstić information content (AvgIpc) is 3.78. The lowest BCUT2D eigenvalue weighted by Gasteiger charge is -2.33. The van der Waals surface area contributed by atoms with Crippen LogP contribution in [0.2, 0.25) is 0 Å². The molecule has 8 aromatic rings. The molecule has 0 heterocycles. The van der Waals surface area contributed by atoms with E-state index in [0.717, 1.165) is 17.1 Å². The lowest BCUT2D eigenvalue weighted by molar-refractivity contribution is 0.660. The zero-order valence-electron chi connectivity index (χ0n) is 29.8. The van der Waals surface area contributed by atoms with Crippen molar-refractivity contribution in [3.8, 4) is 44.5 Å². The quantitative estimate of drug-likeness (QED) is 0.175. The zero-order valence-corrected chi connectivity index (χ0v) is 29.8. The van der Waals surface area contributed by atoms with Crippen LogP contribution in [0.1, 0.15) is 47.2 Å². The van der Waals surface area contributed by atoms with Crippen LogP contribution in [0.5, 0.6) is 0 Å². The van der Waals surface area contributed by atoms with Crippen molar-refractivity contribution in [1.29, 1.82) is 0 Å². The van der Waals surface area contributed by atoms with Crippen LogP contribution in [0.15, 0.2) is 188 Å². The van der Waals surface area contributed by atoms with E-state index in [4.69, 9.17) is 0 Å². The fourth-order valence-corrected chi connectivity index (χ4v) is 10.0. The molecule has 0 fully saturated rings. The highest BCUT2D eigenvalue weighted by atomic mass is 15.1. The summed E-state index contributed by atoms with van der Waals surface area (Å²) in [5.41, 5.74) is 21.5.